The van der Waals surface area contributed by atoms with E-state index in [0.29, 0.717) is 19.3 Å². The SMILES string of the molecule is CCC/C=C\C/C=C\CCCCCCCC(=O)OC(COC(=O)CCCCCCCCCCC)COC(=O)CCCCCCCCCCCCCCCCCCCCCCCCCC. The first kappa shape index (κ1) is 61.9. The molecule has 0 spiro atoms. The minimum atomic E-state index is -0.772. The highest BCUT2D eigenvalue weighted by Crippen LogP contribution is 2.17. The van der Waals surface area contributed by atoms with Crippen molar-refractivity contribution >= 4 is 17.9 Å². The van der Waals surface area contributed by atoms with Gasteiger partial charge in [0.05, 0.1) is 0 Å². The zero-order valence-corrected chi connectivity index (χ0v) is 43.1. The lowest BCUT2D eigenvalue weighted by molar-refractivity contribution is -0.167. The summed E-state index contributed by atoms with van der Waals surface area (Å²) in [4.78, 5) is 37.9. The highest BCUT2D eigenvalue weighted by Gasteiger charge is 2.19. The zero-order valence-electron chi connectivity index (χ0n) is 43.1. The summed E-state index contributed by atoms with van der Waals surface area (Å²) in [6.45, 7) is 6.58. The fraction of sp³-hybridized carbons (Fsp3) is 0.879. The van der Waals surface area contributed by atoms with Crippen LogP contribution < -0.4 is 0 Å². The van der Waals surface area contributed by atoms with Crippen LogP contribution in [-0.4, -0.2) is 37.2 Å². The summed E-state index contributed by atoms with van der Waals surface area (Å²) >= 11 is 0. The Morgan fingerprint density at radius 3 is 0.922 bits per heavy atom. The van der Waals surface area contributed by atoms with E-state index >= 15 is 0 Å². The van der Waals surface area contributed by atoms with E-state index in [1.54, 1.807) is 0 Å². The van der Waals surface area contributed by atoms with E-state index in [-0.39, 0.29) is 31.1 Å². The van der Waals surface area contributed by atoms with Gasteiger partial charge < -0.3 is 14.2 Å². The van der Waals surface area contributed by atoms with E-state index in [1.165, 1.54) is 180 Å². The fourth-order valence-electron chi connectivity index (χ4n) is 8.42. The van der Waals surface area contributed by atoms with Crippen molar-refractivity contribution in [3.63, 3.8) is 0 Å². The average molecular weight is 901 g/mol. The highest BCUT2D eigenvalue weighted by atomic mass is 16.6. The summed E-state index contributed by atoms with van der Waals surface area (Å²) in [5.74, 6) is -0.873. The molecule has 6 heteroatoms. The molecule has 0 aromatic carbocycles. The molecule has 1 unspecified atom stereocenters. The molecule has 0 saturated heterocycles. The van der Waals surface area contributed by atoms with Gasteiger partial charge in [-0.25, -0.2) is 0 Å². The lowest BCUT2D eigenvalue weighted by Gasteiger charge is -2.18. The second-order valence-electron chi connectivity index (χ2n) is 19.2. The van der Waals surface area contributed by atoms with Crippen LogP contribution in [0.1, 0.15) is 310 Å². The molecule has 0 aliphatic heterocycles. The number of unbranched alkanes of at least 4 members (excludes halogenated alkanes) is 37. The maximum atomic E-state index is 12.8. The van der Waals surface area contributed by atoms with Gasteiger partial charge in [0, 0.05) is 19.3 Å². The Kier molecular flexibility index (Phi) is 51.7. The molecule has 0 heterocycles. The Hall–Kier alpha value is -2.11. The normalized spacial score (nSPS) is 12.1. The summed E-state index contributed by atoms with van der Waals surface area (Å²) in [6.07, 6.45) is 61.9. The molecule has 0 N–H and O–H groups in total. The highest BCUT2D eigenvalue weighted by molar-refractivity contribution is 5.71. The minimum absolute atomic E-state index is 0.0722. The summed E-state index contributed by atoms with van der Waals surface area (Å²) in [5, 5.41) is 0. The number of carbonyl (C=O) groups is 3. The number of rotatable bonds is 52. The predicted molar refractivity (Wildman–Crippen MR) is 275 cm³/mol. The summed E-state index contributed by atoms with van der Waals surface area (Å²) in [6, 6.07) is 0. The van der Waals surface area contributed by atoms with Crippen LogP contribution in [0.5, 0.6) is 0 Å². The van der Waals surface area contributed by atoms with Gasteiger partial charge in [-0.3, -0.25) is 14.4 Å². The Balaban J connectivity index is 4.14. The second-order valence-corrected chi connectivity index (χ2v) is 19.2. The molecule has 0 amide bonds. The van der Waals surface area contributed by atoms with Gasteiger partial charge in [-0.1, -0.05) is 270 Å². The summed E-state index contributed by atoms with van der Waals surface area (Å²) in [7, 11) is 0. The summed E-state index contributed by atoms with van der Waals surface area (Å²) < 4.78 is 16.8. The van der Waals surface area contributed by atoms with Crippen LogP contribution in [0.25, 0.3) is 0 Å². The molecular weight excluding hydrogens is 793 g/mol. The molecule has 0 rings (SSSR count). The smallest absolute Gasteiger partial charge is 0.306 e. The number of ether oxygens (including phenoxy) is 3. The van der Waals surface area contributed by atoms with Gasteiger partial charge in [-0.05, 0) is 44.9 Å². The van der Waals surface area contributed by atoms with E-state index < -0.39 is 6.10 Å². The van der Waals surface area contributed by atoms with Crippen LogP contribution in [-0.2, 0) is 28.6 Å². The number of esters is 3. The zero-order chi connectivity index (χ0) is 46.5. The Morgan fingerprint density at radius 2 is 0.594 bits per heavy atom. The molecule has 0 aromatic rings. The van der Waals surface area contributed by atoms with Crippen molar-refractivity contribution in [1.29, 1.82) is 0 Å². The van der Waals surface area contributed by atoms with Crippen molar-refractivity contribution in [3.8, 4) is 0 Å². The molecule has 0 saturated carbocycles. The molecule has 0 aliphatic carbocycles. The Morgan fingerprint density at radius 1 is 0.312 bits per heavy atom. The molecule has 0 aromatic heterocycles. The van der Waals surface area contributed by atoms with Gasteiger partial charge >= 0.3 is 17.9 Å². The largest absolute Gasteiger partial charge is 0.462 e. The maximum Gasteiger partial charge on any atom is 0.306 e. The Labute approximate surface area is 398 Å². The van der Waals surface area contributed by atoms with Crippen LogP contribution in [0, 0.1) is 0 Å². The van der Waals surface area contributed by atoms with Crippen LogP contribution in [0.15, 0.2) is 24.3 Å². The fourth-order valence-corrected chi connectivity index (χ4v) is 8.42. The average Bonchev–Trinajstić information content (AvgIpc) is 3.29. The lowest BCUT2D eigenvalue weighted by Crippen LogP contribution is -2.30. The van der Waals surface area contributed by atoms with Gasteiger partial charge in [0.15, 0.2) is 6.10 Å². The molecule has 0 fully saturated rings. The Bertz CT molecular complexity index is 1040. The molecule has 6 nitrogen and oxygen atoms in total. The standard InChI is InChI=1S/C58H108O6/c1-4-7-10-13-16-19-21-23-24-25-26-27-28-29-30-31-32-33-35-36-39-42-45-48-51-57(60)63-54-55(53-62-56(59)50-47-44-41-38-18-15-12-9-6-3)64-58(61)52-49-46-43-40-37-34-22-20-17-14-11-8-5-2/h11,14,20,22,55H,4-10,12-13,15-19,21,23-54H2,1-3H3/b14-11-,22-20-. The van der Waals surface area contributed by atoms with Crippen molar-refractivity contribution in [1.82, 2.24) is 0 Å². The topological polar surface area (TPSA) is 78.9 Å². The molecular formula is C58H108O6. The lowest BCUT2D eigenvalue weighted by atomic mass is 10.0. The molecule has 1 atom stereocenters. The van der Waals surface area contributed by atoms with Crippen LogP contribution >= 0.6 is 0 Å². The summed E-state index contributed by atoms with van der Waals surface area (Å²) in [5.41, 5.74) is 0. The van der Waals surface area contributed by atoms with Gasteiger partial charge in [0.2, 0.25) is 0 Å². The van der Waals surface area contributed by atoms with Gasteiger partial charge in [-0.2, -0.15) is 0 Å². The second kappa shape index (κ2) is 53.5. The van der Waals surface area contributed by atoms with Gasteiger partial charge in [0.25, 0.3) is 0 Å². The van der Waals surface area contributed by atoms with E-state index in [1.807, 2.05) is 0 Å². The van der Waals surface area contributed by atoms with Gasteiger partial charge in [-0.15, -0.1) is 0 Å². The first-order valence-corrected chi connectivity index (χ1v) is 28.3. The molecule has 64 heavy (non-hydrogen) atoms. The maximum absolute atomic E-state index is 12.8. The van der Waals surface area contributed by atoms with Crippen molar-refractivity contribution in [2.45, 2.75) is 316 Å². The van der Waals surface area contributed by atoms with Crippen LogP contribution in [0.3, 0.4) is 0 Å². The van der Waals surface area contributed by atoms with E-state index in [9.17, 15) is 14.4 Å². The van der Waals surface area contributed by atoms with Crippen molar-refractivity contribution in [3.05, 3.63) is 24.3 Å². The molecule has 0 bridgehead atoms. The number of hydrogen-bond donors (Lipinski definition) is 0. The number of carbonyl (C=O) groups excluding carboxylic acids is 3. The molecule has 0 radical (unpaired) electrons. The first-order chi connectivity index (χ1) is 31.5. The van der Waals surface area contributed by atoms with E-state index in [4.69, 9.17) is 14.2 Å². The van der Waals surface area contributed by atoms with Crippen LogP contribution in [0.2, 0.25) is 0 Å². The van der Waals surface area contributed by atoms with E-state index in [0.717, 1.165) is 89.9 Å². The van der Waals surface area contributed by atoms with Gasteiger partial charge in [0.1, 0.15) is 13.2 Å². The van der Waals surface area contributed by atoms with Crippen molar-refractivity contribution < 1.29 is 28.6 Å². The predicted octanol–water partition coefficient (Wildman–Crippen LogP) is 18.7. The quantitative estimate of drug-likeness (QED) is 0.0262. The third-order valence-electron chi connectivity index (χ3n) is 12.7. The molecule has 0 aliphatic rings. The van der Waals surface area contributed by atoms with Crippen molar-refractivity contribution in [2.75, 3.05) is 13.2 Å². The first-order valence-electron chi connectivity index (χ1n) is 28.3. The van der Waals surface area contributed by atoms with Crippen LogP contribution in [0.4, 0.5) is 0 Å². The van der Waals surface area contributed by atoms with E-state index in [2.05, 4.69) is 45.1 Å². The monoisotopic (exact) mass is 901 g/mol. The minimum Gasteiger partial charge on any atom is -0.462 e. The van der Waals surface area contributed by atoms with Crippen molar-refractivity contribution in [2.24, 2.45) is 0 Å². The third kappa shape index (κ3) is 50.9. The number of hydrogen-bond acceptors (Lipinski definition) is 6. The number of allylic oxidation sites excluding steroid dienone is 4. The third-order valence-corrected chi connectivity index (χ3v) is 12.7. The molecule has 376 valence electrons.